The van der Waals surface area contributed by atoms with E-state index in [1.165, 1.54) is 0 Å². The summed E-state index contributed by atoms with van der Waals surface area (Å²) < 4.78 is 22.4. The van der Waals surface area contributed by atoms with Crippen LogP contribution in [0, 0.1) is 6.92 Å². The maximum Gasteiger partial charge on any atom is 0.295 e. The van der Waals surface area contributed by atoms with Crippen LogP contribution in [0.1, 0.15) is 48.9 Å². The van der Waals surface area contributed by atoms with Gasteiger partial charge in [-0.15, -0.1) is 0 Å². The highest BCUT2D eigenvalue weighted by Crippen LogP contribution is 2.42. The third-order valence-electron chi connectivity index (χ3n) is 7.48. The van der Waals surface area contributed by atoms with E-state index in [2.05, 4.69) is 11.8 Å². The molecule has 2 aromatic carbocycles. The Bertz CT molecular complexity index is 1240. The predicted octanol–water partition coefficient (Wildman–Crippen LogP) is 4.34. The highest BCUT2D eigenvalue weighted by atomic mass is 16.5. The van der Waals surface area contributed by atoms with Gasteiger partial charge in [-0.25, -0.2) is 0 Å². The molecule has 1 atom stereocenters. The number of carbonyl (C=O) groups is 2. The Kier molecular flexibility index (Phi) is 10.1. The first-order valence-corrected chi connectivity index (χ1v) is 13.9. The number of aryl methyl sites for hydroxylation is 1. The topological polar surface area (TPSA) is 97.8 Å². The highest BCUT2D eigenvalue weighted by molar-refractivity contribution is 6.46. The van der Waals surface area contributed by atoms with E-state index in [4.69, 9.17) is 18.9 Å². The zero-order valence-electron chi connectivity index (χ0n) is 23.9. The number of likely N-dealkylation sites (tertiary alicyclic amines) is 1. The second kappa shape index (κ2) is 13.7. The van der Waals surface area contributed by atoms with Gasteiger partial charge in [0.1, 0.15) is 11.5 Å². The Hall–Kier alpha value is -3.56. The zero-order valence-corrected chi connectivity index (χ0v) is 23.9. The molecule has 1 N–H and O–H groups in total. The lowest BCUT2D eigenvalue weighted by atomic mass is 9.94. The van der Waals surface area contributed by atoms with Crippen LogP contribution in [0.5, 0.6) is 17.2 Å². The molecule has 2 aliphatic rings. The van der Waals surface area contributed by atoms with Crippen LogP contribution >= 0.6 is 0 Å². The number of benzene rings is 2. The van der Waals surface area contributed by atoms with Crippen molar-refractivity contribution in [1.82, 2.24) is 9.80 Å². The number of aliphatic hydroxyl groups is 1. The van der Waals surface area contributed by atoms with Gasteiger partial charge in [-0.05, 0) is 54.8 Å². The number of ketones is 1. The molecule has 4 rings (SSSR count). The monoisotopic (exact) mass is 552 g/mol. The third-order valence-corrected chi connectivity index (χ3v) is 7.48. The van der Waals surface area contributed by atoms with Gasteiger partial charge in [0.05, 0.1) is 45.7 Å². The maximum atomic E-state index is 13.5. The van der Waals surface area contributed by atoms with Gasteiger partial charge < -0.3 is 29.0 Å². The number of nitrogens with zero attached hydrogens (tertiary/aromatic N) is 2. The molecule has 0 radical (unpaired) electrons. The summed E-state index contributed by atoms with van der Waals surface area (Å²) in [4.78, 5) is 30.6. The van der Waals surface area contributed by atoms with Gasteiger partial charge >= 0.3 is 0 Å². The molecule has 0 saturated carbocycles. The largest absolute Gasteiger partial charge is 0.507 e. The number of Topliss-reactive ketones (excluding diaryl/α,β-unsaturated/α-hetero) is 1. The summed E-state index contributed by atoms with van der Waals surface area (Å²) in [6.07, 6.45) is 3.10. The van der Waals surface area contributed by atoms with Crippen molar-refractivity contribution < 1.29 is 33.6 Å². The number of rotatable bonds is 12. The fraction of sp³-hybridized carbons (Fsp3) is 0.484. The summed E-state index contributed by atoms with van der Waals surface area (Å²) in [6, 6.07) is 9.82. The molecule has 2 aromatic rings. The molecule has 0 bridgehead atoms. The lowest BCUT2D eigenvalue weighted by Crippen LogP contribution is -2.42. The van der Waals surface area contributed by atoms with Crippen LogP contribution in [-0.2, 0) is 14.3 Å². The number of morpholine rings is 1. The van der Waals surface area contributed by atoms with E-state index < -0.39 is 17.7 Å². The minimum atomic E-state index is -0.786. The fourth-order valence-electron chi connectivity index (χ4n) is 5.22. The number of unbranched alkanes of at least 4 members (excludes halogenated alkanes) is 2. The van der Waals surface area contributed by atoms with Crippen LogP contribution in [0.2, 0.25) is 0 Å². The first-order chi connectivity index (χ1) is 19.4. The highest BCUT2D eigenvalue weighted by Gasteiger charge is 2.46. The van der Waals surface area contributed by atoms with Gasteiger partial charge in [0.15, 0.2) is 11.5 Å². The molecule has 2 aliphatic heterocycles. The summed E-state index contributed by atoms with van der Waals surface area (Å²) in [5.41, 5.74) is 1.95. The smallest absolute Gasteiger partial charge is 0.295 e. The molecular formula is C31H40N2O7. The maximum absolute atomic E-state index is 13.5. The second-order valence-corrected chi connectivity index (χ2v) is 10.1. The molecule has 0 aliphatic carbocycles. The van der Waals surface area contributed by atoms with Crippen molar-refractivity contribution >= 4 is 17.4 Å². The number of ether oxygens (including phenoxy) is 4. The Morgan fingerprint density at radius 2 is 1.70 bits per heavy atom. The van der Waals surface area contributed by atoms with E-state index in [-0.39, 0.29) is 11.3 Å². The van der Waals surface area contributed by atoms with Crippen molar-refractivity contribution in [3.05, 3.63) is 58.7 Å². The van der Waals surface area contributed by atoms with E-state index in [0.29, 0.717) is 61.3 Å². The van der Waals surface area contributed by atoms with E-state index in [0.717, 1.165) is 37.9 Å². The normalized spacial score (nSPS) is 19.2. The number of amides is 1. The van der Waals surface area contributed by atoms with Crippen molar-refractivity contribution in [1.29, 1.82) is 0 Å². The summed E-state index contributed by atoms with van der Waals surface area (Å²) in [5, 5.41) is 11.5. The predicted molar refractivity (Wildman–Crippen MR) is 152 cm³/mol. The number of hydrogen-bond acceptors (Lipinski definition) is 8. The average molecular weight is 553 g/mol. The molecule has 2 saturated heterocycles. The molecule has 1 unspecified atom stereocenters. The standard InChI is InChI=1S/C31H40N2O7/c1-5-6-7-16-40-25-11-8-22(20-26(25)38-4)28-27(29(34)23-9-10-24(37-3)21(2)19-23)30(35)31(36)33(28)13-12-32-14-17-39-18-15-32/h8-11,19-20,28,34H,5-7,12-18H2,1-4H3. The lowest BCUT2D eigenvalue weighted by Gasteiger charge is -2.31. The molecule has 9 nitrogen and oxygen atoms in total. The fourth-order valence-corrected chi connectivity index (χ4v) is 5.22. The van der Waals surface area contributed by atoms with Gasteiger partial charge in [0.2, 0.25) is 0 Å². The molecule has 2 heterocycles. The number of methoxy groups -OCH3 is 2. The lowest BCUT2D eigenvalue weighted by molar-refractivity contribution is -0.140. The van der Waals surface area contributed by atoms with Crippen LogP contribution in [-0.4, -0.2) is 86.8 Å². The van der Waals surface area contributed by atoms with Gasteiger partial charge in [0.25, 0.3) is 11.7 Å². The van der Waals surface area contributed by atoms with Crippen molar-refractivity contribution in [2.45, 2.75) is 39.2 Å². The second-order valence-electron chi connectivity index (χ2n) is 10.1. The number of carbonyl (C=O) groups excluding carboxylic acids is 2. The van der Waals surface area contributed by atoms with Crippen LogP contribution in [0.15, 0.2) is 42.0 Å². The van der Waals surface area contributed by atoms with Gasteiger partial charge in [0, 0.05) is 31.7 Å². The summed E-state index contributed by atoms with van der Waals surface area (Å²) >= 11 is 0. The van der Waals surface area contributed by atoms with E-state index in [1.807, 2.05) is 13.0 Å². The Morgan fingerprint density at radius 3 is 2.38 bits per heavy atom. The van der Waals surface area contributed by atoms with Crippen LogP contribution in [0.3, 0.4) is 0 Å². The third kappa shape index (κ3) is 6.42. The Morgan fingerprint density at radius 1 is 0.975 bits per heavy atom. The molecule has 216 valence electrons. The molecule has 2 fully saturated rings. The summed E-state index contributed by atoms with van der Waals surface area (Å²) in [7, 11) is 3.14. The van der Waals surface area contributed by atoms with E-state index in [1.54, 1.807) is 49.5 Å². The van der Waals surface area contributed by atoms with Crippen molar-refractivity contribution in [2.24, 2.45) is 0 Å². The van der Waals surface area contributed by atoms with E-state index in [9.17, 15) is 14.7 Å². The number of aliphatic hydroxyl groups excluding tert-OH is 1. The minimum absolute atomic E-state index is 0.0511. The zero-order chi connectivity index (χ0) is 28.6. The summed E-state index contributed by atoms with van der Waals surface area (Å²) in [5.74, 6) is 0.201. The van der Waals surface area contributed by atoms with Crippen molar-refractivity contribution in [2.75, 3.05) is 60.2 Å². The van der Waals surface area contributed by atoms with Gasteiger partial charge in [-0.2, -0.15) is 0 Å². The first kappa shape index (κ1) is 29.4. The molecule has 40 heavy (non-hydrogen) atoms. The first-order valence-electron chi connectivity index (χ1n) is 13.9. The molecule has 1 amide bonds. The SMILES string of the molecule is CCCCCOc1ccc(C2C(=C(O)c3ccc(OC)c(C)c3)C(=O)C(=O)N2CCN2CCOCC2)cc1OC. The molecule has 9 heteroatoms. The molecule has 0 aromatic heterocycles. The summed E-state index contributed by atoms with van der Waals surface area (Å²) in [6.45, 7) is 8.27. The Balaban J connectivity index is 1.73. The van der Waals surface area contributed by atoms with Gasteiger partial charge in [-0.1, -0.05) is 25.8 Å². The van der Waals surface area contributed by atoms with Crippen molar-refractivity contribution in [3.8, 4) is 17.2 Å². The average Bonchev–Trinajstić information content (AvgIpc) is 3.23. The van der Waals surface area contributed by atoms with Crippen LogP contribution < -0.4 is 14.2 Å². The Labute approximate surface area is 236 Å². The van der Waals surface area contributed by atoms with Crippen molar-refractivity contribution in [3.63, 3.8) is 0 Å². The number of hydrogen-bond donors (Lipinski definition) is 1. The van der Waals surface area contributed by atoms with Crippen LogP contribution in [0.25, 0.3) is 5.76 Å². The van der Waals surface area contributed by atoms with Gasteiger partial charge in [-0.3, -0.25) is 14.5 Å². The minimum Gasteiger partial charge on any atom is -0.507 e. The van der Waals surface area contributed by atoms with E-state index >= 15 is 0 Å². The molecule has 0 spiro atoms. The van der Waals surface area contributed by atoms with Crippen LogP contribution in [0.4, 0.5) is 0 Å². The molecular weight excluding hydrogens is 512 g/mol. The quantitative estimate of drug-likeness (QED) is 0.180.